The Labute approximate surface area is 203 Å². The number of para-hydroxylation sites is 1. The highest BCUT2D eigenvalue weighted by Gasteiger charge is 2.14. The molecular formula is C27H27NO5S. The molecule has 1 N–H and O–H groups in total. The van der Waals surface area contributed by atoms with Crippen LogP contribution in [0.15, 0.2) is 66.7 Å². The van der Waals surface area contributed by atoms with Gasteiger partial charge in [0.25, 0.3) is 5.91 Å². The van der Waals surface area contributed by atoms with E-state index in [1.807, 2.05) is 61.5 Å². The molecule has 0 atom stereocenters. The molecule has 1 amide bonds. The van der Waals surface area contributed by atoms with E-state index in [1.54, 1.807) is 12.1 Å². The summed E-state index contributed by atoms with van der Waals surface area (Å²) in [7, 11) is 0. The highest BCUT2D eigenvalue weighted by molar-refractivity contribution is 7.14. The highest BCUT2D eigenvalue weighted by Crippen LogP contribution is 2.19. The van der Waals surface area contributed by atoms with Crippen molar-refractivity contribution in [2.45, 2.75) is 39.0 Å². The van der Waals surface area contributed by atoms with Crippen LogP contribution in [0.5, 0.6) is 0 Å². The van der Waals surface area contributed by atoms with Gasteiger partial charge < -0.3 is 10.1 Å². The van der Waals surface area contributed by atoms with Crippen molar-refractivity contribution < 1.29 is 23.9 Å². The van der Waals surface area contributed by atoms with E-state index in [2.05, 4.69) is 5.32 Å². The molecule has 3 aromatic rings. The van der Waals surface area contributed by atoms with Gasteiger partial charge in [-0.3, -0.25) is 19.2 Å². The number of carbonyl (C=O) groups excluding carboxylic acids is 4. The zero-order chi connectivity index (χ0) is 24.3. The van der Waals surface area contributed by atoms with Crippen molar-refractivity contribution in [3.05, 3.63) is 87.6 Å². The molecule has 1 aromatic heterocycles. The lowest BCUT2D eigenvalue weighted by Crippen LogP contribution is -2.21. The molecule has 0 aliphatic rings. The predicted molar refractivity (Wildman–Crippen MR) is 132 cm³/mol. The summed E-state index contributed by atoms with van der Waals surface area (Å²) in [5.41, 5.74) is 2.73. The fourth-order valence-electron chi connectivity index (χ4n) is 3.34. The van der Waals surface area contributed by atoms with Crippen LogP contribution in [-0.2, 0) is 25.5 Å². The molecule has 3 rings (SSSR count). The topological polar surface area (TPSA) is 89.5 Å². The quantitative estimate of drug-likeness (QED) is 0.288. The smallest absolute Gasteiger partial charge is 0.306 e. The van der Waals surface area contributed by atoms with Gasteiger partial charge in [-0.05, 0) is 42.7 Å². The number of esters is 1. The van der Waals surface area contributed by atoms with Gasteiger partial charge >= 0.3 is 5.97 Å². The summed E-state index contributed by atoms with van der Waals surface area (Å²) < 4.78 is 5.01. The maximum Gasteiger partial charge on any atom is 0.306 e. The summed E-state index contributed by atoms with van der Waals surface area (Å²) in [6.07, 6.45) is 0.730. The Bertz CT molecular complexity index is 1150. The van der Waals surface area contributed by atoms with Crippen LogP contribution in [-0.4, -0.2) is 30.0 Å². The zero-order valence-electron chi connectivity index (χ0n) is 19.0. The van der Waals surface area contributed by atoms with Gasteiger partial charge in [0.05, 0.1) is 11.3 Å². The Morgan fingerprint density at radius 2 is 1.53 bits per heavy atom. The van der Waals surface area contributed by atoms with Crippen LogP contribution < -0.4 is 5.32 Å². The van der Waals surface area contributed by atoms with Crippen LogP contribution in [0.3, 0.4) is 0 Å². The molecule has 0 fully saturated rings. The molecule has 2 aromatic carbocycles. The second kappa shape index (κ2) is 12.6. The molecule has 34 heavy (non-hydrogen) atoms. The van der Waals surface area contributed by atoms with E-state index < -0.39 is 18.5 Å². The lowest BCUT2D eigenvalue weighted by atomic mass is 10.0. The number of benzene rings is 2. The summed E-state index contributed by atoms with van der Waals surface area (Å²) in [5, 5.41) is 2.78. The molecule has 1 heterocycles. The van der Waals surface area contributed by atoms with E-state index in [9.17, 15) is 19.2 Å². The van der Waals surface area contributed by atoms with Gasteiger partial charge in [0, 0.05) is 29.8 Å². The number of thiophene rings is 1. The number of carbonyl (C=O) groups is 4. The van der Waals surface area contributed by atoms with Gasteiger partial charge in [0.15, 0.2) is 12.4 Å². The maximum absolute atomic E-state index is 12.3. The van der Waals surface area contributed by atoms with Crippen LogP contribution in [0.2, 0.25) is 0 Å². The first kappa shape index (κ1) is 25.1. The lowest BCUT2D eigenvalue weighted by Gasteiger charge is -2.11. The molecule has 0 unspecified atom stereocenters. The first-order valence-electron chi connectivity index (χ1n) is 11.1. The average Bonchev–Trinajstić information content (AvgIpc) is 3.28. The molecule has 7 heteroatoms. The van der Waals surface area contributed by atoms with E-state index in [0.29, 0.717) is 17.0 Å². The molecule has 0 saturated carbocycles. The molecule has 6 nitrogen and oxygen atoms in total. The van der Waals surface area contributed by atoms with E-state index in [-0.39, 0.29) is 37.2 Å². The van der Waals surface area contributed by atoms with Gasteiger partial charge in [-0.25, -0.2) is 0 Å². The minimum absolute atomic E-state index is 0.0168. The van der Waals surface area contributed by atoms with E-state index >= 15 is 0 Å². The fraction of sp³-hybridized carbons (Fsp3) is 0.259. The summed E-state index contributed by atoms with van der Waals surface area (Å²) in [5.74, 6) is -1.32. The number of anilines is 1. The Kier molecular flexibility index (Phi) is 9.29. The zero-order valence-corrected chi connectivity index (χ0v) is 19.9. The number of hydrogen-bond acceptors (Lipinski definition) is 6. The van der Waals surface area contributed by atoms with Gasteiger partial charge in [-0.2, -0.15) is 0 Å². The maximum atomic E-state index is 12.3. The third-order valence-electron chi connectivity index (χ3n) is 5.15. The summed E-state index contributed by atoms with van der Waals surface area (Å²) in [4.78, 5) is 50.0. The van der Waals surface area contributed by atoms with Crippen molar-refractivity contribution >= 4 is 40.5 Å². The summed E-state index contributed by atoms with van der Waals surface area (Å²) in [6, 6.07) is 21.0. The van der Waals surface area contributed by atoms with Crippen molar-refractivity contribution in [1.29, 1.82) is 0 Å². The van der Waals surface area contributed by atoms with Gasteiger partial charge in [0.2, 0.25) is 0 Å². The van der Waals surface area contributed by atoms with Crippen molar-refractivity contribution in [2.75, 3.05) is 11.9 Å². The Morgan fingerprint density at radius 3 is 2.26 bits per heavy atom. The normalized spacial score (nSPS) is 10.5. The summed E-state index contributed by atoms with van der Waals surface area (Å²) >= 11 is 1.40. The molecule has 0 radical (unpaired) electrons. The molecule has 0 aliphatic heterocycles. The number of aryl methyl sites for hydroxylation is 1. The number of rotatable bonds is 12. The van der Waals surface area contributed by atoms with Crippen LogP contribution in [0.1, 0.15) is 51.4 Å². The SMILES string of the molecule is Cc1ccc(C(=O)CCC(=O)CCC(=O)OCC(=O)Nc2ccccc2Cc2ccccc2)s1. The second-order valence-electron chi connectivity index (χ2n) is 7.90. The fourth-order valence-corrected chi connectivity index (χ4v) is 4.18. The minimum atomic E-state index is -0.624. The third-order valence-corrected chi connectivity index (χ3v) is 6.19. The second-order valence-corrected chi connectivity index (χ2v) is 9.19. The van der Waals surface area contributed by atoms with Crippen molar-refractivity contribution in [3.8, 4) is 0 Å². The van der Waals surface area contributed by atoms with Gasteiger partial charge in [0.1, 0.15) is 5.78 Å². The van der Waals surface area contributed by atoms with Crippen molar-refractivity contribution in [2.24, 2.45) is 0 Å². The molecule has 0 aliphatic carbocycles. The van der Waals surface area contributed by atoms with Crippen LogP contribution >= 0.6 is 11.3 Å². The number of ketones is 2. The number of Topliss-reactive ketones (excluding diaryl/α,β-unsaturated/α-hetero) is 2. The van der Waals surface area contributed by atoms with Crippen LogP contribution in [0.25, 0.3) is 0 Å². The largest absolute Gasteiger partial charge is 0.456 e. The van der Waals surface area contributed by atoms with Crippen molar-refractivity contribution in [1.82, 2.24) is 0 Å². The highest BCUT2D eigenvalue weighted by atomic mass is 32.1. The molecule has 0 bridgehead atoms. The van der Waals surface area contributed by atoms with Crippen LogP contribution in [0, 0.1) is 6.92 Å². The Hall–Kier alpha value is -3.58. The Balaban J connectivity index is 1.37. The number of nitrogens with one attached hydrogen (secondary N) is 1. The van der Waals surface area contributed by atoms with E-state index in [0.717, 1.165) is 16.0 Å². The van der Waals surface area contributed by atoms with Gasteiger partial charge in [-0.1, -0.05) is 48.5 Å². The Morgan fingerprint density at radius 1 is 0.824 bits per heavy atom. The molecule has 176 valence electrons. The van der Waals surface area contributed by atoms with Crippen LogP contribution in [0.4, 0.5) is 5.69 Å². The summed E-state index contributed by atoms with van der Waals surface area (Å²) in [6.45, 7) is 1.49. The molecule has 0 saturated heterocycles. The molecule has 0 spiro atoms. The predicted octanol–water partition coefficient (Wildman–Crippen LogP) is 5.14. The number of amides is 1. The van der Waals surface area contributed by atoms with E-state index in [4.69, 9.17) is 4.74 Å². The minimum Gasteiger partial charge on any atom is -0.456 e. The standard InChI is InChI=1S/C27H27NO5S/c1-19-11-15-25(34-19)24(30)14-12-22(29)13-16-27(32)33-18-26(31)28-23-10-6-5-9-21(23)17-20-7-3-2-4-8-20/h2-11,15H,12-14,16-18H2,1H3,(H,28,31). The number of hydrogen-bond donors (Lipinski definition) is 1. The first-order valence-corrected chi connectivity index (χ1v) is 11.9. The monoisotopic (exact) mass is 477 g/mol. The van der Waals surface area contributed by atoms with E-state index in [1.165, 1.54) is 11.3 Å². The molecular weight excluding hydrogens is 450 g/mol. The lowest BCUT2D eigenvalue weighted by molar-refractivity contribution is -0.148. The first-order chi connectivity index (χ1) is 16.4. The van der Waals surface area contributed by atoms with Crippen molar-refractivity contribution in [3.63, 3.8) is 0 Å². The third kappa shape index (κ3) is 8.08. The number of ether oxygens (including phenoxy) is 1. The average molecular weight is 478 g/mol. The van der Waals surface area contributed by atoms with Gasteiger partial charge in [-0.15, -0.1) is 11.3 Å².